The lowest BCUT2D eigenvalue weighted by Crippen LogP contribution is -2.43. The molecule has 5 heteroatoms. The predicted molar refractivity (Wildman–Crippen MR) is 67.4 cm³/mol. The number of amides is 1. The summed E-state index contributed by atoms with van der Waals surface area (Å²) >= 11 is 0. The zero-order valence-electron chi connectivity index (χ0n) is 11.4. The minimum atomic E-state index is -1.000. The Bertz CT molecular complexity index is 305. The van der Waals surface area contributed by atoms with Gasteiger partial charge in [0.05, 0.1) is 0 Å². The van der Waals surface area contributed by atoms with Crippen LogP contribution in [-0.4, -0.2) is 28.8 Å². The van der Waals surface area contributed by atoms with Gasteiger partial charge in [-0.25, -0.2) is 9.59 Å². The highest BCUT2D eigenvalue weighted by Crippen LogP contribution is 2.30. The summed E-state index contributed by atoms with van der Waals surface area (Å²) in [6.45, 7) is 5.24. The fraction of sp³-hybridized carbons (Fsp3) is 0.846. The highest BCUT2D eigenvalue weighted by Gasteiger charge is 2.26. The summed E-state index contributed by atoms with van der Waals surface area (Å²) in [5, 5.41) is 11.5. The lowest BCUT2D eigenvalue weighted by atomic mass is 9.81. The number of carboxylic acids is 1. The van der Waals surface area contributed by atoms with Gasteiger partial charge >= 0.3 is 12.1 Å². The number of carbonyl (C=O) groups is 2. The van der Waals surface area contributed by atoms with E-state index in [4.69, 9.17) is 9.84 Å². The van der Waals surface area contributed by atoms with Gasteiger partial charge in [-0.1, -0.05) is 19.3 Å². The monoisotopic (exact) mass is 257 g/mol. The van der Waals surface area contributed by atoms with E-state index in [0.29, 0.717) is 12.3 Å². The number of nitrogens with one attached hydrogen (secondary N) is 1. The molecule has 0 aliphatic heterocycles. The van der Waals surface area contributed by atoms with Crippen molar-refractivity contribution in [1.82, 2.24) is 5.32 Å². The van der Waals surface area contributed by atoms with Crippen molar-refractivity contribution < 1.29 is 19.4 Å². The minimum absolute atomic E-state index is 0.471. The molecule has 0 radical (unpaired) electrons. The molecule has 1 aliphatic carbocycles. The first kappa shape index (κ1) is 14.8. The molecule has 0 aromatic heterocycles. The van der Waals surface area contributed by atoms with Crippen molar-refractivity contribution in [2.75, 3.05) is 0 Å². The largest absolute Gasteiger partial charge is 0.480 e. The molecule has 1 amide bonds. The molecule has 1 atom stereocenters. The molecule has 5 nitrogen and oxygen atoms in total. The summed E-state index contributed by atoms with van der Waals surface area (Å²) in [6, 6.07) is -0.847. The van der Waals surface area contributed by atoms with Crippen LogP contribution in [0.4, 0.5) is 4.79 Å². The molecule has 0 bridgehead atoms. The van der Waals surface area contributed by atoms with E-state index < -0.39 is 23.7 Å². The Labute approximate surface area is 108 Å². The van der Waals surface area contributed by atoms with E-state index in [9.17, 15) is 9.59 Å². The van der Waals surface area contributed by atoms with Gasteiger partial charge in [0.25, 0.3) is 0 Å². The van der Waals surface area contributed by atoms with E-state index >= 15 is 0 Å². The fourth-order valence-corrected chi connectivity index (χ4v) is 1.89. The lowest BCUT2D eigenvalue weighted by molar-refractivity contribution is -0.139. The molecular weight excluding hydrogens is 234 g/mol. The maximum Gasteiger partial charge on any atom is 0.408 e. The lowest BCUT2D eigenvalue weighted by Gasteiger charge is -2.27. The first-order valence-corrected chi connectivity index (χ1v) is 6.50. The van der Waals surface area contributed by atoms with Crippen molar-refractivity contribution in [3.05, 3.63) is 0 Å². The number of carbonyl (C=O) groups excluding carboxylic acids is 1. The molecule has 1 rings (SSSR count). The molecule has 2 N–H and O–H groups in total. The predicted octanol–water partition coefficient (Wildman–Crippen LogP) is 2.54. The number of ether oxygens (including phenoxy) is 1. The highest BCUT2D eigenvalue weighted by atomic mass is 16.6. The minimum Gasteiger partial charge on any atom is -0.480 e. The van der Waals surface area contributed by atoms with Crippen LogP contribution in [0.3, 0.4) is 0 Å². The van der Waals surface area contributed by atoms with Crippen molar-refractivity contribution in [2.24, 2.45) is 5.92 Å². The van der Waals surface area contributed by atoms with E-state index in [0.717, 1.165) is 6.42 Å². The summed E-state index contributed by atoms with van der Waals surface area (Å²) in [4.78, 5) is 22.6. The van der Waals surface area contributed by atoms with Crippen LogP contribution < -0.4 is 5.32 Å². The van der Waals surface area contributed by atoms with E-state index in [1.807, 2.05) is 0 Å². The second-order valence-electron chi connectivity index (χ2n) is 5.91. The van der Waals surface area contributed by atoms with Crippen LogP contribution >= 0.6 is 0 Å². The molecule has 0 spiro atoms. The Morgan fingerprint density at radius 2 is 2.00 bits per heavy atom. The van der Waals surface area contributed by atoms with Crippen molar-refractivity contribution in [1.29, 1.82) is 0 Å². The van der Waals surface area contributed by atoms with Crippen LogP contribution in [0.25, 0.3) is 0 Å². The van der Waals surface area contributed by atoms with E-state index in [-0.39, 0.29) is 0 Å². The molecule has 1 unspecified atom stereocenters. The van der Waals surface area contributed by atoms with Crippen molar-refractivity contribution >= 4 is 12.1 Å². The number of alkyl carbamates (subject to hydrolysis) is 1. The van der Waals surface area contributed by atoms with Crippen molar-refractivity contribution in [2.45, 2.75) is 64.5 Å². The average molecular weight is 257 g/mol. The zero-order valence-corrected chi connectivity index (χ0v) is 11.4. The Morgan fingerprint density at radius 1 is 1.39 bits per heavy atom. The van der Waals surface area contributed by atoms with E-state index in [1.54, 1.807) is 20.8 Å². The topological polar surface area (TPSA) is 75.6 Å². The van der Waals surface area contributed by atoms with E-state index in [2.05, 4.69) is 5.32 Å². The number of hydrogen-bond donors (Lipinski definition) is 2. The molecular formula is C13H23NO4. The Morgan fingerprint density at radius 3 is 2.39 bits per heavy atom. The van der Waals surface area contributed by atoms with Crippen LogP contribution in [0.1, 0.15) is 52.9 Å². The van der Waals surface area contributed by atoms with Gasteiger partial charge in [0.15, 0.2) is 0 Å². The zero-order chi connectivity index (χ0) is 13.8. The first-order chi connectivity index (χ1) is 8.28. The van der Waals surface area contributed by atoms with Gasteiger partial charge in [-0.15, -0.1) is 0 Å². The third-order valence-electron chi connectivity index (χ3n) is 3.08. The Kier molecular flexibility index (Phi) is 4.99. The molecule has 0 heterocycles. The summed E-state index contributed by atoms with van der Waals surface area (Å²) < 4.78 is 5.05. The van der Waals surface area contributed by atoms with Crippen LogP contribution in [0, 0.1) is 5.92 Å². The SMILES string of the molecule is CC(C)(C)OC(=O)NC(CCC1CCC1)C(=O)O. The summed E-state index contributed by atoms with van der Waals surface area (Å²) in [5.74, 6) is -0.368. The van der Waals surface area contributed by atoms with Crippen LogP contribution in [-0.2, 0) is 9.53 Å². The number of carboxylic acid groups (broad SMARTS) is 1. The van der Waals surface area contributed by atoms with Crippen molar-refractivity contribution in [3.8, 4) is 0 Å². The number of aliphatic carboxylic acids is 1. The Balaban J connectivity index is 2.36. The number of hydrogen-bond acceptors (Lipinski definition) is 3. The smallest absolute Gasteiger partial charge is 0.408 e. The van der Waals surface area contributed by atoms with Gasteiger partial charge < -0.3 is 15.2 Å². The van der Waals surface area contributed by atoms with Gasteiger partial charge in [-0.2, -0.15) is 0 Å². The first-order valence-electron chi connectivity index (χ1n) is 6.50. The molecule has 1 fully saturated rings. The molecule has 0 aromatic rings. The average Bonchev–Trinajstić information content (AvgIpc) is 2.10. The van der Waals surface area contributed by atoms with Gasteiger partial charge in [-0.3, -0.25) is 0 Å². The quantitative estimate of drug-likeness (QED) is 0.793. The number of rotatable bonds is 5. The van der Waals surface area contributed by atoms with Crippen LogP contribution in [0.2, 0.25) is 0 Å². The van der Waals surface area contributed by atoms with Gasteiger partial charge in [0.2, 0.25) is 0 Å². The standard InChI is InChI=1S/C13H23NO4/c1-13(2,3)18-12(17)14-10(11(15)16)8-7-9-5-4-6-9/h9-10H,4-8H2,1-3H3,(H,14,17)(H,15,16). The second-order valence-corrected chi connectivity index (χ2v) is 5.91. The molecule has 18 heavy (non-hydrogen) atoms. The summed E-state index contributed by atoms with van der Waals surface area (Å²) in [5.41, 5.74) is -0.610. The maximum absolute atomic E-state index is 11.5. The molecule has 1 aliphatic rings. The fourth-order valence-electron chi connectivity index (χ4n) is 1.89. The molecule has 104 valence electrons. The van der Waals surface area contributed by atoms with Gasteiger partial charge in [0.1, 0.15) is 11.6 Å². The molecule has 0 saturated heterocycles. The normalized spacial score (nSPS) is 17.7. The highest BCUT2D eigenvalue weighted by molar-refractivity contribution is 5.79. The maximum atomic E-state index is 11.5. The Hall–Kier alpha value is -1.26. The summed E-state index contributed by atoms with van der Waals surface area (Å²) in [6.07, 6.45) is 4.26. The van der Waals surface area contributed by atoms with Crippen molar-refractivity contribution in [3.63, 3.8) is 0 Å². The van der Waals surface area contributed by atoms with Crippen LogP contribution in [0.15, 0.2) is 0 Å². The van der Waals surface area contributed by atoms with Gasteiger partial charge in [0, 0.05) is 0 Å². The molecule has 1 saturated carbocycles. The van der Waals surface area contributed by atoms with Gasteiger partial charge in [-0.05, 0) is 39.5 Å². The second kappa shape index (κ2) is 6.07. The van der Waals surface area contributed by atoms with E-state index in [1.165, 1.54) is 19.3 Å². The molecule has 0 aromatic carbocycles. The van der Waals surface area contributed by atoms with Crippen LogP contribution in [0.5, 0.6) is 0 Å². The summed E-state index contributed by atoms with van der Waals surface area (Å²) in [7, 11) is 0. The third kappa shape index (κ3) is 5.38. The third-order valence-corrected chi connectivity index (χ3v) is 3.08.